The van der Waals surface area contributed by atoms with Crippen molar-refractivity contribution in [1.29, 1.82) is 5.26 Å². The van der Waals surface area contributed by atoms with Crippen LogP contribution in [0.1, 0.15) is 20.7 Å². The summed E-state index contributed by atoms with van der Waals surface area (Å²) < 4.78 is 0. The lowest BCUT2D eigenvalue weighted by Gasteiger charge is -2.03. The molecule has 0 unspecified atom stereocenters. The van der Waals surface area contributed by atoms with Crippen LogP contribution in [0.2, 0.25) is 10.0 Å². The SMILES string of the molecule is N#C/C(=N\Nc1cc(Cl)cc(Cl)c1)C(=O)c1ccc(C(=O)O)cc1. The van der Waals surface area contributed by atoms with Gasteiger partial charge in [0.2, 0.25) is 11.5 Å². The molecule has 0 spiro atoms. The van der Waals surface area contributed by atoms with Gasteiger partial charge in [0.1, 0.15) is 6.07 Å². The molecular weight excluding hydrogens is 353 g/mol. The van der Waals surface area contributed by atoms with Crippen LogP contribution in [0.5, 0.6) is 0 Å². The van der Waals surface area contributed by atoms with Crippen molar-refractivity contribution in [3.63, 3.8) is 0 Å². The number of halogens is 2. The van der Waals surface area contributed by atoms with E-state index >= 15 is 0 Å². The van der Waals surface area contributed by atoms with Crippen LogP contribution in [-0.4, -0.2) is 22.6 Å². The Morgan fingerprint density at radius 3 is 2.08 bits per heavy atom. The number of carboxylic acids is 1. The van der Waals surface area contributed by atoms with Crippen LogP contribution < -0.4 is 5.43 Å². The van der Waals surface area contributed by atoms with E-state index in [0.717, 1.165) is 0 Å². The van der Waals surface area contributed by atoms with Gasteiger partial charge in [0.25, 0.3) is 0 Å². The molecule has 0 heterocycles. The zero-order chi connectivity index (χ0) is 17.7. The van der Waals surface area contributed by atoms with E-state index in [4.69, 9.17) is 33.6 Å². The lowest BCUT2D eigenvalue weighted by atomic mass is 10.1. The molecule has 2 aromatic carbocycles. The number of hydrogen-bond donors (Lipinski definition) is 2. The van der Waals surface area contributed by atoms with Crippen LogP contribution in [0.4, 0.5) is 5.69 Å². The number of nitriles is 1. The number of carbonyl (C=O) groups is 2. The standard InChI is InChI=1S/C16H9Cl2N3O3/c17-11-5-12(18)7-13(6-11)20-21-14(8-19)15(22)9-1-3-10(4-2-9)16(23)24/h1-7,20H,(H,23,24)/b21-14+. The summed E-state index contributed by atoms with van der Waals surface area (Å²) in [5.74, 6) is -1.75. The quantitative estimate of drug-likeness (QED) is 0.478. The summed E-state index contributed by atoms with van der Waals surface area (Å²) in [6.07, 6.45) is 0. The van der Waals surface area contributed by atoms with Gasteiger partial charge in [-0.05, 0) is 30.3 Å². The zero-order valence-corrected chi connectivity index (χ0v) is 13.5. The molecule has 8 heteroatoms. The number of nitrogens with zero attached hydrogens (tertiary/aromatic N) is 2. The molecule has 2 rings (SSSR count). The minimum atomic E-state index is -1.11. The van der Waals surface area contributed by atoms with Gasteiger partial charge < -0.3 is 5.11 Å². The molecule has 2 aromatic rings. The van der Waals surface area contributed by atoms with Crippen molar-refractivity contribution < 1.29 is 14.7 Å². The van der Waals surface area contributed by atoms with Crippen molar-refractivity contribution in [1.82, 2.24) is 0 Å². The fraction of sp³-hybridized carbons (Fsp3) is 0. The number of anilines is 1. The molecule has 120 valence electrons. The highest BCUT2D eigenvalue weighted by atomic mass is 35.5. The number of carbonyl (C=O) groups excluding carboxylic acids is 1. The Hall–Kier alpha value is -2.88. The van der Waals surface area contributed by atoms with Gasteiger partial charge >= 0.3 is 5.97 Å². The van der Waals surface area contributed by atoms with Crippen molar-refractivity contribution >= 4 is 46.4 Å². The monoisotopic (exact) mass is 361 g/mol. The van der Waals surface area contributed by atoms with E-state index in [2.05, 4.69) is 10.5 Å². The van der Waals surface area contributed by atoms with Crippen molar-refractivity contribution in [2.24, 2.45) is 5.10 Å². The highest BCUT2D eigenvalue weighted by Crippen LogP contribution is 2.22. The molecule has 0 aliphatic heterocycles. The first-order valence-corrected chi connectivity index (χ1v) is 7.24. The van der Waals surface area contributed by atoms with Crippen LogP contribution in [0, 0.1) is 11.3 Å². The smallest absolute Gasteiger partial charge is 0.335 e. The zero-order valence-electron chi connectivity index (χ0n) is 12.0. The van der Waals surface area contributed by atoms with Gasteiger partial charge in [0, 0.05) is 15.6 Å². The maximum atomic E-state index is 12.2. The Labute approximate surface area is 146 Å². The van der Waals surface area contributed by atoms with Crippen LogP contribution in [-0.2, 0) is 0 Å². The Kier molecular flexibility index (Phi) is 5.53. The summed E-state index contributed by atoms with van der Waals surface area (Å²) in [5.41, 5.74) is 2.74. The number of rotatable bonds is 5. The van der Waals surface area contributed by atoms with Gasteiger partial charge in [-0.2, -0.15) is 10.4 Å². The normalized spacial score (nSPS) is 10.8. The fourth-order valence-corrected chi connectivity index (χ4v) is 2.29. The van der Waals surface area contributed by atoms with Crippen LogP contribution >= 0.6 is 23.2 Å². The van der Waals surface area contributed by atoms with Gasteiger partial charge in [0.15, 0.2) is 0 Å². The van der Waals surface area contributed by atoms with E-state index in [0.29, 0.717) is 15.7 Å². The first-order chi connectivity index (χ1) is 11.4. The van der Waals surface area contributed by atoms with E-state index in [1.165, 1.54) is 42.5 Å². The summed E-state index contributed by atoms with van der Waals surface area (Å²) >= 11 is 11.7. The van der Waals surface area contributed by atoms with Crippen LogP contribution in [0.15, 0.2) is 47.6 Å². The predicted octanol–water partition coefficient (Wildman–Crippen LogP) is 3.87. The molecule has 0 atom stereocenters. The molecule has 24 heavy (non-hydrogen) atoms. The number of carboxylic acid groups (broad SMARTS) is 1. The Balaban J connectivity index is 2.22. The van der Waals surface area contributed by atoms with Gasteiger partial charge in [0.05, 0.1) is 11.3 Å². The van der Waals surface area contributed by atoms with E-state index in [1.54, 1.807) is 6.07 Å². The molecule has 0 saturated carbocycles. The van der Waals surface area contributed by atoms with Crippen molar-refractivity contribution in [2.45, 2.75) is 0 Å². The number of aromatic carboxylic acids is 1. The Morgan fingerprint density at radius 2 is 1.58 bits per heavy atom. The molecule has 0 amide bonds. The third-order valence-corrected chi connectivity index (χ3v) is 3.31. The third-order valence-electron chi connectivity index (χ3n) is 2.87. The summed E-state index contributed by atoms with van der Waals surface area (Å²) in [4.78, 5) is 23.0. The maximum absolute atomic E-state index is 12.2. The van der Waals surface area contributed by atoms with Gasteiger partial charge in [-0.1, -0.05) is 35.3 Å². The van der Waals surface area contributed by atoms with Crippen LogP contribution in [0.3, 0.4) is 0 Å². The highest BCUT2D eigenvalue weighted by molar-refractivity contribution is 6.51. The summed E-state index contributed by atoms with van der Waals surface area (Å²) in [5, 5.41) is 22.4. The average Bonchev–Trinajstić information content (AvgIpc) is 2.54. The molecule has 6 nitrogen and oxygen atoms in total. The Bertz CT molecular complexity index is 851. The first kappa shape index (κ1) is 17.5. The number of benzene rings is 2. The number of nitrogens with one attached hydrogen (secondary N) is 1. The number of hydrazone groups is 1. The summed E-state index contributed by atoms with van der Waals surface area (Å²) in [7, 11) is 0. The second kappa shape index (κ2) is 7.59. The highest BCUT2D eigenvalue weighted by Gasteiger charge is 2.15. The second-order valence-corrected chi connectivity index (χ2v) is 5.43. The molecule has 0 aliphatic rings. The minimum absolute atomic E-state index is 0.0358. The van der Waals surface area contributed by atoms with E-state index in [1.807, 2.05) is 0 Å². The molecular formula is C16H9Cl2N3O3. The molecule has 0 radical (unpaired) electrons. The minimum Gasteiger partial charge on any atom is -0.478 e. The van der Waals surface area contributed by atoms with Crippen molar-refractivity contribution in [2.75, 3.05) is 5.43 Å². The molecule has 0 aromatic heterocycles. The first-order valence-electron chi connectivity index (χ1n) is 6.48. The van der Waals surface area contributed by atoms with E-state index in [9.17, 15) is 9.59 Å². The van der Waals surface area contributed by atoms with Crippen molar-refractivity contribution in [3.8, 4) is 6.07 Å². The lowest BCUT2D eigenvalue weighted by molar-refractivity contribution is 0.0696. The number of ketones is 1. The second-order valence-electron chi connectivity index (χ2n) is 4.55. The number of hydrogen-bond acceptors (Lipinski definition) is 5. The van der Waals surface area contributed by atoms with Gasteiger partial charge in [-0.25, -0.2) is 4.79 Å². The summed E-state index contributed by atoms with van der Waals surface area (Å²) in [6, 6.07) is 11.4. The van der Waals surface area contributed by atoms with Crippen molar-refractivity contribution in [3.05, 3.63) is 63.6 Å². The molecule has 0 fully saturated rings. The fourth-order valence-electron chi connectivity index (χ4n) is 1.77. The molecule has 0 saturated heterocycles. The average molecular weight is 362 g/mol. The maximum Gasteiger partial charge on any atom is 0.335 e. The van der Waals surface area contributed by atoms with E-state index in [-0.39, 0.29) is 11.1 Å². The Morgan fingerprint density at radius 1 is 1.04 bits per heavy atom. The van der Waals surface area contributed by atoms with Gasteiger partial charge in [-0.15, -0.1) is 0 Å². The predicted molar refractivity (Wildman–Crippen MR) is 90.9 cm³/mol. The molecule has 0 bridgehead atoms. The molecule has 0 aliphatic carbocycles. The summed E-state index contributed by atoms with van der Waals surface area (Å²) in [6.45, 7) is 0. The largest absolute Gasteiger partial charge is 0.478 e. The van der Waals surface area contributed by atoms with Gasteiger partial charge in [-0.3, -0.25) is 10.2 Å². The van der Waals surface area contributed by atoms with E-state index < -0.39 is 17.5 Å². The third kappa shape index (κ3) is 4.32. The molecule has 2 N–H and O–H groups in total. The topological polar surface area (TPSA) is 103 Å². The lowest BCUT2D eigenvalue weighted by Crippen LogP contribution is -2.14. The number of Topliss-reactive ketones (excluding diaryl/α,β-unsaturated/α-hetero) is 1. The van der Waals surface area contributed by atoms with Crippen LogP contribution in [0.25, 0.3) is 0 Å².